The van der Waals surface area contributed by atoms with Gasteiger partial charge in [-0.05, 0) is 57.6 Å². The maximum absolute atomic E-state index is 4.56. The molecule has 0 aromatic rings. The van der Waals surface area contributed by atoms with Crippen LogP contribution in [0.4, 0.5) is 0 Å². The van der Waals surface area contributed by atoms with Crippen LogP contribution in [0.15, 0.2) is 40.1 Å². The summed E-state index contributed by atoms with van der Waals surface area (Å²) < 4.78 is 0. The molecule has 0 N–H and O–H groups in total. The number of hydrogen-bond acceptors (Lipinski definition) is 1. The van der Waals surface area contributed by atoms with Crippen LogP contribution in [0.1, 0.15) is 67.7 Å². The van der Waals surface area contributed by atoms with Gasteiger partial charge >= 0.3 is 0 Å². The Morgan fingerprint density at radius 3 is 2.16 bits per heavy atom. The summed E-state index contributed by atoms with van der Waals surface area (Å²) in [5.74, 6) is 0.674. The third kappa shape index (κ3) is 7.15. The lowest BCUT2D eigenvalue weighted by atomic mass is 9.92. The van der Waals surface area contributed by atoms with Gasteiger partial charge < -0.3 is 0 Å². The molecule has 0 atom stereocenters. The standard InChI is InChI=1S/C18H31N/c1-9-10-17(8)19-12-16(7)18(14(4)5)15(6)11-13(2)3/h12-13H,4,9-11H2,1-3,5-8H3/b16-12+,18-15+,19-17-. The molecule has 0 spiro atoms. The molecule has 0 fully saturated rings. The largest absolute Gasteiger partial charge is 0.266 e. The molecule has 0 aromatic heterocycles. The molecule has 0 radical (unpaired) electrons. The molecule has 0 aliphatic carbocycles. The zero-order chi connectivity index (χ0) is 15.0. The van der Waals surface area contributed by atoms with Gasteiger partial charge in [0.25, 0.3) is 0 Å². The van der Waals surface area contributed by atoms with Crippen molar-refractivity contribution in [2.45, 2.75) is 67.7 Å². The fourth-order valence-corrected chi connectivity index (χ4v) is 2.45. The van der Waals surface area contributed by atoms with Crippen LogP contribution in [0.5, 0.6) is 0 Å². The van der Waals surface area contributed by atoms with Crippen LogP contribution in [-0.2, 0) is 0 Å². The van der Waals surface area contributed by atoms with Gasteiger partial charge in [-0.1, -0.05) is 44.9 Å². The Labute approximate surface area is 120 Å². The normalized spacial score (nSPS) is 14.7. The highest BCUT2D eigenvalue weighted by Gasteiger charge is 2.07. The minimum Gasteiger partial charge on any atom is -0.266 e. The van der Waals surface area contributed by atoms with Crippen molar-refractivity contribution in [3.63, 3.8) is 0 Å². The van der Waals surface area contributed by atoms with E-state index < -0.39 is 0 Å². The number of aliphatic imine (C=N–C) groups is 1. The van der Waals surface area contributed by atoms with E-state index >= 15 is 0 Å². The summed E-state index contributed by atoms with van der Waals surface area (Å²) in [6, 6.07) is 0. The quantitative estimate of drug-likeness (QED) is 0.388. The summed E-state index contributed by atoms with van der Waals surface area (Å²) in [4.78, 5) is 4.56. The number of nitrogens with zero attached hydrogens (tertiary/aromatic N) is 1. The molecule has 1 heteroatoms. The summed E-state index contributed by atoms with van der Waals surface area (Å²) >= 11 is 0. The minimum atomic E-state index is 0.674. The summed E-state index contributed by atoms with van der Waals surface area (Å²) in [7, 11) is 0. The van der Waals surface area contributed by atoms with E-state index in [0.717, 1.165) is 24.8 Å². The van der Waals surface area contributed by atoms with Crippen molar-refractivity contribution in [2.75, 3.05) is 0 Å². The van der Waals surface area contributed by atoms with Crippen molar-refractivity contribution in [1.82, 2.24) is 0 Å². The highest BCUT2D eigenvalue weighted by molar-refractivity contribution is 5.82. The number of rotatable bonds is 7. The zero-order valence-electron chi connectivity index (χ0n) is 13.9. The predicted octanol–water partition coefficient (Wildman–Crippen LogP) is 6.09. The Hall–Kier alpha value is -1.11. The molecule has 0 heterocycles. The van der Waals surface area contributed by atoms with Crippen molar-refractivity contribution in [3.8, 4) is 0 Å². The molecular weight excluding hydrogens is 230 g/mol. The maximum Gasteiger partial charge on any atom is 0.0302 e. The Bertz CT molecular complexity index is 392. The second kappa shape index (κ2) is 8.90. The second-order valence-electron chi connectivity index (χ2n) is 5.96. The zero-order valence-corrected chi connectivity index (χ0v) is 13.9. The Morgan fingerprint density at radius 1 is 1.16 bits per heavy atom. The van der Waals surface area contributed by atoms with Gasteiger partial charge in [0, 0.05) is 11.9 Å². The van der Waals surface area contributed by atoms with Gasteiger partial charge in [0.2, 0.25) is 0 Å². The second-order valence-corrected chi connectivity index (χ2v) is 5.96. The van der Waals surface area contributed by atoms with Gasteiger partial charge in [-0.2, -0.15) is 0 Å². The van der Waals surface area contributed by atoms with E-state index in [1.54, 1.807) is 0 Å². The van der Waals surface area contributed by atoms with E-state index in [9.17, 15) is 0 Å². The first-order valence-corrected chi connectivity index (χ1v) is 7.35. The summed E-state index contributed by atoms with van der Waals surface area (Å²) in [6.07, 6.45) is 5.34. The van der Waals surface area contributed by atoms with Gasteiger partial charge in [-0.15, -0.1) is 0 Å². The third-order valence-corrected chi connectivity index (χ3v) is 3.05. The van der Waals surface area contributed by atoms with Crippen LogP contribution in [0.2, 0.25) is 0 Å². The van der Waals surface area contributed by atoms with Crippen LogP contribution >= 0.6 is 0 Å². The van der Waals surface area contributed by atoms with Crippen LogP contribution in [-0.4, -0.2) is 5.71 Å². The maximum atomic E-state index is 4.56. The lowest BCUT2D eigenvalue weighted by Gasteiger charge is -2.14. The van der Waals surface area contributed by atoms with Gasteiger partial charge in [-0.3, -0.25) is 4.99 Å². The Morgan fingerprint density at radius 2 is 1.74 bits per heavy atom. The van der Waals surface area contributed by atoms with E-state index in [1.165, 1.54) is 22.4 Å². The highest BCUT2D eigenvalue weighted by atomic mass is 14.7. The molecule has 108 valence electrons. The van der Waals surface area contributed by atoms with Gasteiger partial charge in [-0.25, -0.2) is 0 Å². The number of allylic oxidation sites excluding steroid dienone is 4. The van der Waals surface area contributed by atoms with Crippen LogP contribution in [0, 0.1) is 5.92 Å². The average Bonchev–Trinajstić information content (AvgIpc) is 2.25. The molecule has 19 heavy (non-hydrogen) atoms. The van der Waals surface area contributed by atoms with Crippen LogP contribution < -0.4 is 0 Å². The van der Waals surface area contributed by atoms with Crippen molar-refractivity contribution in [2.24, 2.45) is 10.9 Å². The third-order valence-electron chi connectivity index (χ3n) is 3.05. The fraction of sp³-hybridized carbons (Fsp3) is 0.611. The van der Waals surface area contributed by atoms with Crippen molar-refractivity contribution in [3.05, 3.63) is 35.1 Å². The van der Waals surface area contributed by atoms with E-state index in [4.69, 9.17) is 0 Å². The van der Waals surface area contributed by atoms with Crippen molar-refractivity contribution < 1.29 is 0 Å². The van der Waals surface area contributed by atoms with Gasteiger partial charge in [0.15, 0.2) is 0 Å². The van der Waals surface area contributed by atoms with Crippen molar-refractivity contribution >= 4 is 5.71 Å². The summed E-state index contributed by atoms with van der Waals surface area (Å²) in [6.45, 7) is 19.3. The smallest absolute Gasteiger partial charge is 0.0302 e. The highest BCUT2D eigenvalue weighted by Crippen LogP contribution is 2.25. The Balaban J connectivity index is 5.26. The SMILES string of the molecule is C=C(C)C(/C(C)=C/N=C(/C)CCC)=C(/C)CC(C)C. The van der Waals surface area contributed by atoms with E-state index in [1.807, 2.05) is 6.20 Å². The molecule has 0 saturated carbocycles. The molecule has 0 aliphatic rings. The molecule has 0 rings (SSSR count). The van der Waals surface area contributed by atoms with E-state index in [-0.39, 0.29) is 0 Å². The first-order chi connectivity index (χ1) is 8.79. The molecule has 0 amide bonds. The summed E-state index contributed by atoms with van der Waals surface area (Å²) in [5, 5.41) is 0. The molecule has 0 aromatic carbocycles. The Kier molecular flexibility index (Phi) is 8.38. The van der Waals surface area contributed by atoms with E-state index in [0.29, 0.717) is 5.92 Å². The van der Waals surface area contributed by atoms with Gasteiger partial charge in [0.1, 0.15) is 0 Å². The van der Waals surface area contributed by atoms with Crippen molar-refractivity contribution in [1.29, 1.82) is 0 Å². The number of hydrogen-bond donors (Lipinski definition) is 0. The molecule has 0 saturated heterocycles. The molecule has 1 nitrogen and oxygen atoms in total. The topological polar surface area (TPSA) is 12.4 Å². The van der Waals surface area contributed by atoms with Gasteiger partial charge in [0.05, 0.1) is 0 Å². The first kappa shape index (κ1) is 17.9. The summed E-state index contributed by atoms with van der Waals surface area (Å²) in [5.41, 5.74) is 6.27. The average molecular weight is 261 g/mol. The first-order valence-electron chi connectivity index (χ1n) is 7.35. The van der Waals surface area contributed by atoms with Crippen LogP contribution in [0.25, 0.3) is 0 Å². The van der Waals surface area contributed by atoms with Crippen LogP contribution in [0.3, 0.4) is 0 Å². The molecule has 0 bridgehead atoms. The molecular formula is C18H31N. The lowest BCUT2D eigenvalue weighted by molar-refractivity contribution is 0.639. The predicted molar refractivity (Wildman–Crippen MR) is 88.7 cm³/mol. The van der Waals surface area contributed by atoms with E-state index in [2.05, 4.69) is 60.0 Å². The fourth-order valence-electron chi connectivity index (χ4n) is 2.45. The minimum absolute atomic E-state index is 0.674. The lowest BCUT2D eigenvalue weighted by Crippen LogP contribution is -1.97. The molecule has 0 aliphatic heterocycles. The molecule has 0 unspecified atom stereocenters. The monoisotopic (exact) mass is 261 g/mol.